The number of nitrogens with zero attached hydrogens (tertiary/aromatic N) is 2. The molecule has 132 valence electrons. The standard InChI is InChI=1S/C21H22N4O/c26-18-12-10-17(11-13-18)22-20-14-19(15-6-2-1-3-7-15)24-21(25-20)23-16-8-4-5-9-16/h1-3,6-7,10-14,16,26H,4-5,8-9H2,(H2,22,23,24,25). The zero-order valence-corrected chi connectivity index (χ0v) is 14.5. The molecule has 1 aliphatic rings. The lowest BCUT2D eigenvalue weighted by Crippen LogP contribution is -2.17. The van der Waals surface area contributed by atoms with Crippen molar-refractivity contribution in [2.24, 2.45) is 0 Å². The Morgan fingerprint density at radius 3 is 2.35 bits per heavy atom. The zero-order chi connectivity index (χ0) is 17.8. The molecule has 0 bridgehead atoms. The largest absolute Gasteiger partial charge is 0.508 e. The third-order valence-corrected chi connectivity index (χ3v) is 4.62. The SMILES string of the molecule is Oc1ccc(Nc2cc(-c3ccccc3)nc(NC3CCCC3)n2)cc1. The summed E-state index contributed by atoms with van der Waals surface area (Å²) in [4.78, 5) is 9.36. The number of anilines is 3. The molecule has 0 aliphatic heterocycles. The van der Waals surface area contributed by atoms with E-state index in [0.29, 0.717) is 12.0 Å². The lowest BCUT2D eigenvalue weighted by Gasteiger charge is -2.15. The first-order valence-electron chi connectivity index (χ1n) is 9.03. The second-order valence-electron chi connectivity index (χ2n) is 6.63. The van der Waals surface area contributed by atoms with E-state index in [1.807, 2.05) is 48.5 Å². The molecule has 0 amide bonds. The van der Waals surface area contributed by atoms with Crippen LogP contribution in [0.3, 0.4) is 0 Å². The van der Waals surface area contributed by atoms with Gasteiger partial charge in [-0.05, 0) is 37.1 Å². The van der Waals surface area contributed by atoms with Crippen LogP contribution in [0.1, 0.15) is 25.7 Å². The van der Waals surface area contributed by atoms with Gasteiger partial charge in [0.1, 0.15) is 11.6 Å². The van der Waals surface area contributed by atoms with Crippen molar-refractivity contribution in [1.29, 1.82) is 0 Å². The molecular weight excluding hydrogens is 324 g/mol. The smallest absolute Gasteiger partial charge is 0.225 e. The Hall–Kier alpha value is -3.08. The highest BCUT2D eigenvalue weighted by Crippen LogP contribution is 2.26. The average molecular weight is 346 g/mol. The molecule has 1 aliphatic carbocycles. The van der Waals surface area contributed by atoms with Crippen molar-refractivity contribution in [2.45, 2.75) is 31.7 Å². The van der Waals surface area contributed by atoms with Gasteiger partial charge in [-0.3, -0.25) is 0 Å². The van der Waals surface area contributed by atoms with Crippen LogP contribution in [0.25, 0.3) is 11.3 Å². The molecule has 4 rings (SSSR count). The zero-order valence-electron chi connectivity index (χ0n) is 14.5. The van der Waals surface area contributed by atoms with Crippen molar-refractivity contribution < 1.29 is 5.11 Å². The lowest BCUT2D eigenvalue weighted by atomic mass is 10.1. The van der Waals surface area contributed by atoms with Gasteiger partial charge in [-0.15, -0.1) is 0 Å². The van der Waals surface area contributed by atoms with Gasteiger partial charge in [0.15, 0.2) is 0 Å². The minimum Gasteiger partial charge on any atom is -0.508 e. The van der Waals surface area contributed by atoms with Crippen LogP contribution in [0.15, 0.2) is 60.7 Å². The van der Waals surface area contributed by atoms with Crippen LogP contribution in [-0.2, 0) is 0 Å². The van der Waals surface area contributed by atoms with Crippen LogP contribution >= 0.6 is 0 Å². The van der Waals surface area contributed by atoms with Gasteiger partial charge in [0.05, 0.1) is 5.69 Å². The lowest BCUT2D eigenvalue weighted by molar-refractivity contribution is 0.475. The highest BCUT2D eigenvalue weighted by atomic mass is 16.3. The fourth-order valence-electron chi connectivity index (χ4n) is 3.28. The third-order valence-electron chi connectivity index (χ3n) is 4.62. The number of phenolic OH excluding ortho intramolecular Hbond substituents is 1. The molecule has 0 atom stereocenters. The van der Waals surface area contributed by atoms with Crippen molar-refractivity contribution in [2.75, 3.05) is 10.6 Å². The van der Waals surface area contributed by atoms with E-state index >= 15 is 0 Å². The number of hydrogen-bond acceptors (Lipinski definition) is 5. The highest BCUT2D eigenvalue weighted by Gasteiger charge is 2.16. The summed E-state index contributed by atoms with van der Waals surface area (Å²) in [6.07, 6.45) is 4.85. The maximum atomic E-state index is 9.46. The van der Waals surface area contributed by atoms with E-state index in [1.54, 1.807) is 12.1 Å². The van der Waals surface area contributed by atoms with E-state index in [-0.39, 0.29) is 5.75 Å². The van der Waals surface area contributed by atoms with E-state index in [2.05, 4.69) is 15.6 Å². The number of rotatable bonds is 5. The molecule has 3 N–H and O–H groups in total. The van der Waals surface area contributed by atoms with Gasteiger partial charge in [0, 0.05) is 23.4 Å². The van der Waals surface area contributed by atoms with Gasteiger partial charge in [0.2, 0.25) is 5.95 Å². The summed E-state index contributed by atoms with van der Waals surface area (Å²) >= 11 is 0. The predicted octanol–water partition coefficient (Wildman–Crippen LogP) is 4.95. The van der Waals surface area contributed by atoms with Crippen molar-refractivity contribution in [3.05, 3.63) is 60.7 Å². The van der Waals surface area contributed by atoms with Crippen LogP contribution in [0.4, 0.5) is 17.5 Å². The quantitative estimate of drug-likeness (QED) is 0.570. The summed E-state index contributed by atoms with van der Waals surface area (Å²) in [5.41, 5.74) is 2.80. The monoisotopic (exact) mass is 346 g/mol. The summed E-state index contributed by atoms with van der Waals surface area (Å²) in [7, 11) is 0. The van der Waals surface area contributed by atoms with E-state index in [4.69, 9.17) is 4.98 Å². The minimum absolute atomic E-state index is 0.242. The van der Waals surface area contributed by atoms with Crippen LogP contribution in [0, 0.1) is 0 Å². The predicted molar refractivity (Wildman–Crippen MR) is 105 cm³/mol. The summed E-state index contributed by atoms with van der Waals surface area (Å²) in [5, 5.41) is 16.2. The molecule has 2 aromatic carbocycles. The number of benzene rings is 2. The van der Waals surface area contributed by atoms with Gasteiger partial charge in [0.25, 0.3) is 0 Å². The molecule has 0 spiro atoms. The summed E-state index contributed by atoms with van der Waals surface area (Å²) in [6.45, 7) is 0. The van der Waals surface area contributed by atoms with Crippen molar-refractivity contribution in [3.63, 3.8) is 0 Å². The number of phenols is 1. The van der Waals surface area contributed by atoms with E-state index < -0.39 is 0 Å². The molecule has 5 nitrogen and oxygen atoms in total. The molecule has 1 saturated carbocycles. The summed E-state index contributed by atoms with van der Waals surface area (Å²) < 4.78 is 0. The summed E-state index contributed by atoms with van der Waals surface area (Å²) in [6, 6.07) is 19.5. The fraction of sp³-hybridized carbons (Fsp3) is 0.238. The topological polar surface area (TPSA) is 70.1 Å². The van der Waals surface area contributed by atoms with Crippen LogP contribution in [0.5, 0.6) is 5.75 Å². The molecule has 5 heteroatoms. The van der Waals surface area contributed by atoms with Gasteiger partial charge < -0.3 is 15.7 Å². The molecular formula is C21H22N4O. The third kappa shape index (κ3) is 3.94. The van der Waals surface area contributed by atoms with Crippen LogP contribution in [0.2, 0.25) is 0 Å². The molecule has 3 aromatic rings. The maximum Gasteiger partial charge on any atom is 0.225 e. The normalized spacial score (nSPS) is 14.3. The van der Waals surface area contributed by atoms with Gasteiger partial charge in [-0.25, -0.2) is 4.98 Å². The maximum absolute atomic E-state index is 9.46. The van der Waals surface area contributed by atoms with Crippen molar-refractivity contribution >= 4 is 17.5 Å². The molecule has 0 radical (unpaired) electrons. The molecule has 0 unspecified atom stereocenters. The highest BCUT2D eigenvalue weighted by molar-refractivity contribution is 5.67. The molecule has 0 saturated heterocycles. The molecule has 1 heterocycles. The number of hydrogen-bond donors (Lipinski definition) is 3. The number of aromatic nitrogens is 2. The van der Waals surface area contributed by atoms with Crippen molar-refractivity contribution in [3.8, 4) is 17.0 Å². The van der Waals surface area contributed by atoms with Gasteiger partial charge >= 0.3 is 0 Å². The average Bonchev–Trinajstić information content (AvgIpc) is 3.17. The Balaban J connectivity index is 1.65. The first-order valence-corrected chi connectivity index (χ1v) is 9.03. The van der Waals surface area contributed by atoms with Crippen LogP contribution < -0.4 is 10.6 Å². The van der Waals surface area contributed by atoms with Gasteiger partial charge in [-0.1, -0.05) is 43.2 Å². The minimum atomic E-state index is 0.242. The van der Waals surface area contributed by atoms with E-state index in [1.165, 1.54) is 25.7 Å². The fourth-order valence-corrected chi connectivity index (χ4v) is 3.28. The van der Waals surface area contributed by atoms with E-state index in [9.17, 15) is 5.11 Å². The Morgan fingerprint density at radius 1 is 0.885 bits per heavy atom. The first-order chi connectivity index (χ1) is 12.8. The Labute approximate surface area is 153 Å². The second-order valence-corrected chi connectivity index (χ2v) is 6.63. The first kappa shape index (κ1) is 16.4. The molecule has 26 heavy (non-hydrogen) atoms. The van der Waals surface area contributed by atoms with E-state index in [0.717, 1.165) is 22.8 Å². The molecule has 1 fully saturated rings. The van der Waals surface area contributed by atoms with Crippen molar-refractivity contribution in [1.82, 2.24) is 9.97 Å². The Bertz CT molecular complexity index is 859. The van der Waals surface area contributed by atoms with Gasteiger partial charge in [-0.2, -0.15) is 4.98 Å². The van der Waals surface area contributed by atoms with Crippen LogP contribution in [-0.4, -0.2) is 21.1 Å². The second kappa shape index (κ2) is 7.44. The molecule has 1 aromatic heterocycles. The number of nitrogens with one attached hydrogen (secondary N) is 2. The number of aromatic hydroxyl groups is 1. The summed E-state index contributed by atoms with van der Waals surface area (Å²) in [5.74, 6) is 1.62. The Morgan fingerprint density at radius 2 is 1.62 bits per heavy atom. The Kier molecular flexibility index (Phi) is 4.69.